The van der Waals surface area contributed by atoms with E-state index in [1.54, 1.807) is 0 Å². The molecule has 0 saturated heterocycles. The van der Waals surface area contributed by atoms with Crippen molar-refractivity contribution < 1.29 is 0 Å². The van der Waals surface area contributed by atoms with Gasteiger partial charge in [0, 0.05) is 48.3 Å². The molecule has 1 aliphatic rings. The smallest absolute Gasteiger partial charge is 0.164 e. The second-order valence-electron chi connectivity index (χ2n) is 14.1. The van der Waals surface area contributed by atoms with Crippen molar-refractivity contribution in [3.8, 4) is 45.5 Å². The monoisotopic (exact) mass is 719 g/mol. The average Bonchev–Trinajstić information content (AvgIpc) is 3.77. The third-order valence-electron chi connectivity index (χ3n) is 10.9. The first-order chi connectivity index (χ1) is 27.3. The number of para-hydroxylation sites is 3. The summed E-state index contributed by atoms with van der Waals surface area (Å²) in [5.74, 6) is 1.94. The topological polar surface area (TPSA) is 48.5 Å². The van der Waals surface area contributed by atoms with Crippen molar-refractivity contribution in [2.24, 2.45) is 0 Å². The molecule has 6 heteroatoms. The van der Waals surface area contributed by atoms with Gasteiger partial charge in [-0.1, -0.05) is 145 Å². The summed E-state index contributed by atoms with van der Waals surface area (Å²) in [5, 5.41) is 8.32. The first-order valence-corrected chi connectivity index (χ1v) is 19.3. The lowest BCUT2D eigenvalue weighted by Gasteiger charge is -2.21. The Kier molecular flexibility index (Phi) is 6.50. The maximum atomic E-state index is 5.16. The minimum absolute atomic E-state index is 0.641. The van der Waals surface area contributed by atoms with E-state index in [2.05, 4.69) is 167 Å². The van der Waals surface area contributed by atoms with Crippen LogP contribution in [0.4, 0.5) is 0 Å². The number of hydrogen-bond donors (Lipinski definition) is 0. The first kappa shape index (κ1) is 30.4. The molecule has 0 spiro atoms. The lowest BCUT2D eigenvalue weighted by atomic mass is 10.0. The van der Waals surface area contributed by atoms with Crippen LogP contribution >= 0.6 is 11.8 Å². The zero-order chi connectivity index (χ0) is 36.0. The van der Waals surface area contributed by atoms with Crippen molar-refractivity contribution >= 4 is 66.1 Å². The lowest BCUT2D eigenvalue weighted by Crippen LogP contribution is -2.05. The molecule has 0 aliphatic carbocycles. The number of hydrogen-bond acceptors (Lipinski definition) is 4. The van der Waals surface area contributed by atoms with Crippen LogP contribution in [-0.2, 0) is 0 Å². The van der Waals surface area contributed by atoms with Crippen LogP contribution in [-0.4, -0.2) is 24.1 Å². The van der Waals surface area contributed by atoms with Crippen LogP contribution in [0.3, 0.4) is 0 Å². The molecule has 3 aromatic heterocycles. The summed E-state index contributed by atoms with van der Waals surface area (Å²) in [7, 11) is 0. The minimum Gasteiger partial charge on any atom is -0.295 e. The molecule has 0 saturated carbocycles. The fourth-order valence-electron chi connectivity index (χ4n) is 8.46. The van der Waals surface area contributed by atoms with Gasteiger partial charge in [0.1, 0.15) is 5.65 Å². The Morgan fingerprint density at radius 1 is 0.418 bits per heavy atom. The quantitative estimate of drug-likeness (QED) is 0.182. The Morgan fingerprint density at radius 2 is 1.11 bits per heavy atom. The van der Waals surface area contributed by atoms with Crippen LogP contribution in [0, 0.1) is 0 Å². The van der Waals surface area contributed by atoms with Gasteiger partial charge in [-0.05, 0) is 64.0 Å². The van der Waals surface area contributed by atoms with E-state index in [4.69, 9.17) is 15.0 Å². The van der Waals surface area contributed by atoms with Crippen molar-refractivity contribution in [1.82, 2.24) is 24.1 Å². The summed E-state index contributed by atoms with van der Waals surface area (Å²) < 4.78 is 4.93. The summed E-state index contributed by atoms with van der Waals surface area (Å²) in [6.45, 7) is 0. The third kappa shape index (κ3) is 4.59. The molecule has 5 nitrogen and oxygen atoms in total. The molecule has 12 rings (SSSR count). The molecule has 0 amide bonds. The molecule has 11 aromatic rings. The van der Waals surface area contributed by atoms with Crippen LogP contribution in [0.15, 0.2) is 186 Å². The second kappa shape index (κ2) is 11.7. The molecule has 0 N–H and O–H groups in total. The SMILES string of the molecule is c1ccc(-c2nc(-c3ccc4ccc(-n5c6ccccc6c6c7cccc8c7n(c65)-c5ccccc5S8)cc4c3)nc(-c3cccc4ccccc34)n2)cc1. The van der Waals surface area contributed by atoms with Gasteiger partial charge in [0.2, 0.25) is 0 Å². The molecular formula is C49H29N5S. The van der Waals surface area contributed by atoms with Crippen LogP contribution in [0.25, 0.3) is 99.9 Å². The maximum absolute atomic E-state index is 5.16. The molecule has 8 aromatic carbocycles. The predicted octanol–water partition coefficient (Wildman–Crippen LogP) is 12.7. The zero-order valence-electron chi connectivity index (χ0n) is 29.4. The highest BCUT2D eigenvalue weighted by atomic mass is 32.2. The summed E-state index contributed by atoms with van der Waals surface area (Å²) in [6, 6.07) is 62.5. The highest BCUT2D eigenvalue weighted by molar-refractivity contribution is 7.99. The number of rotatable bonds is 4. The molecular weight excluding hydrogens is 691 g/mol. The molecule has 4 heterocycles. The Balaban J connectivity index is 1.09. The molecule has 0 unspecified atom stereocenters. The summed E-state index contributed by atoms with van der Waals surface area (Å²) in [6.07, 6.45) is 0. The van der Waals surface area contributed by atoms with E-state index in [1.165, 1.54) is 48.3 Å². The van der Waals surface area contributed by atoms with Crippen LogP contribution in [0.5, 0.6) is 0 Å². The van der Waals surface area contributed by atoms with E-state index in [9.17, 15) is 0 Å². The number of aromatic nitrogens is 5. The fraction of sp³-hybridized carbons (Fsp3) is 0. The molecule has 1 aliphatic heterocycles. The van der Waals surface area contributed by atoms with E-state index >= 15 is 0 Å². The Hall–Kier alpha value is -7.02. The van der Waals surface area contributed by atoms with Crippen LogP contribution in [0.2, 0.25) is 0 Å². The Labute approximate surface area is 320 Å². The minimum atomic E-state index is 0.641. The van der Waals surface area contributed by atoms with E-state index in [0.29, 0.717) is 17.5 Å². The van der Waals surface area contributed by atoms with Crippen molar-refractivity contribution in [3.63, 3.8) is 0 Å². The van der Waals surface area contributed by atoms with Crippen molar-refractivity contribution in [3.05, 3.63) is 176 Å². The van der Waals surface area contributed by atoms with Crippen molar-refractivity contribution in [2.75, 3.05) is 0 Å². The predicted molar refractivity (Wildman–Crippen MR) is 226 cm³/mol. The van der Waals surface area contributed by atoms with Gasteiger partial charge in [-0.15, -0.1) is 0 Å². The van der Waals surface area contributed by atoms with E-state index < -0.39 is 0 Å². The number of benzene rings is 8. The molecule has 55 heavy (non-hydrogen) atoms. The summed E-state index contributed by atoms with van der Waals surface area (Å²) in [5.41, 5.74) is 8.81. The second-order valence-corrected chi connectivity index (χ2v) is 15.1. The molecule has 256 valence electrons. The van der Waals surface area contributed by atoms with E-state index in [0.717, 1.165) is 43.9 Å². The first-order valence-electron chi connectivity index (χ1n) is 18.4. The average molecular weight is 720 g/mol. The van der Waals surface area contributed by atoms with Crippen LogP contribution in [0.1, 0.15) is 0 Å². The molecule has 0 atom stereocenters. The van der Waals surface area contributed by atoms with Gasteiger partial charge in [-0.2, -0.15) is 0 Å². The molecule has 0 radical (unpaired) electrons. The van der Waals surface area contributed by atoms with Crippen molar-refractivity contribution in [2.45, 2.75) is 9.79 Å². The fourth-order valence-corrected chi connectivity index (χ4v) is 9.56. The maximum Gasteiger partial charge on any atom is 0.164 e. The number of nitrogens with zero attached hydrogens (tertiary/aromatic N) is 5. The molecule has 0 bridgehead atoms. The van der Waals surface area contributed by atoms with Gasteiger partial charge in [-0.3, -0.25) is 9.13 Å². The Bertz CT molecular complexity index is 3350. The van der Waals surface area contributed by atoms with E-state index in [-0.39, 0.29) is 0 Å². The summed E-state index contributed by atoms with van der Waals surface area (Å²) in [4.78, 5) is 17.8. The highest BCUT2D eigenvalue weighted by Gasteiger charge is 2.27. The standard InChI is InChI=1S/C49H29N5S/c1-2-13-32(14-3-1)46-50-47(52-48(51-46)37-18-10-15-31-12-4-5-16-36(31)37)33-25-24-30-26-27-35(29-34(30)28-33)53-40-20-7-6-17-38(40)44-39-19-11-23-43-45(39)54(49(44)53)41-21-8-9-22-42(41)55-43/h1-29H. The summed E-state index contributed by atoms with van der Waals surface area (Å²) >= 11 is 1.85. The van der Waals surface area contributed by atoms with Gasteiger partial charge in [0.05, 0.1) is 16.7 Å². The number of fused-ring (bicyclic) bond motifs is 9. The van der Waals surface area contributed by atoms with Gasteiger partial charge in [-0.25, -0.2) is 15.0 Å². The van der Waals surface area contributed by atoms with Gasteiger partial charge < -0.3 is 0 Å². The van der Waals surface area contributed by atoms with Gasteiger partial charge >= 0.3 is 0 Å². The molecule has 0 fully saturated rings. The largest absolute Gasteiger partial charge is 0.295 e. The normalized spacial score (nSPS) is 12.3. The van der Waals surface area contributed by atoms with E-state index in [1.807, 2.05) is 30.0 Å². The van der Waals surface area contributed by atoms with Crippen molar-refractivity contribution in [1.29, 1.82) is 0 Å². The van der Waals surface area contributed by atoms with Crippen LogP contribution < -0.4 is 0 Å². The third-order valence-corrected chi connectivity index (χ3v) is 12.0. The Morgan fingerprint density at radius 3 is 2.04 bits per heavy atom. The van der Waals surface area contributed by atoms with Gasteiger partial charge in [0.25, 0.3) is 0 Å². The zero-order valence-corrected chi connectivity index (χ0v) is 30.2. The van der Waals surface area contributed by atoms with Gasteiger partial charge in [0.15, 0.2) is 17.5 Å². The highest BCUT2D eigenvalue weighted by Crippen LogP contribution is 2.49. The lowest BCUT2D eigenvalue weighted by molar-refractivity contribution is 1.03.